The quantitative estimate of drug-likeness (QED) is 0.635. The molecule has 0 aliphatic carbocycles. The maximum absolute atomic E-state index is 13.5. The molecule has 2 aliphatic heterocycles. The summed E-state index contributed by atoms with van der Waals surface area (Å²) in [5.74, 6) is -0.179. The van der Waals surface area contributed by atoms with Crippen LogP contribution in [0.3, 0.4) is 0 Å². The summed E-state index contributed by atoms with van der Waals surface area (Å²) in [6.45, 7) is 5.97. The van der Waals surface area contributed by atoms with Crippen LogP contribution in [0, 0.1) is 5.82 Å². The Balaban J connectivity index is 1.59. The fourth-order valence-electron chi connectivity index (χ4n) is 4.66. The Hall–Kier alpha value is -1.39. The zero-order chi connectivity index (χ0) is 19.7. The Morgan fingerprint density at radius 3 is 2.32 bits per heavy atom. The van der Waals surface area contributed by atoms with Gasteiger partial charge in [0.05, 0.1) is 0 Å². The van der Waals surface area contributed by atoms with E-state index in [4.69, 9.17) is 23.2 Å². The molecule has 1 N–H and O–H groups in total. The zero-order valence-corrected chi connectivity index (χ0v) is 17.5. The molecule has 2 nitrogen and oxygen atoms in total. The second kappa shape index (κ2) is 8.16. The normalized spacial score (nSPS) is 20.8. The zero-order valence-electron chi connectivity index (χ0n) is 16.0. The first-order chi connectivity index (χ1) is 13.5. The van der Waals surface area contributed by atoms with Gasteiger partial charge in [0, 0.05) is 34.6 Å². The van der Waals surface area contributed by atoms with Crippen molar-refractivity contribution in [2.75, 3.05) is 26.2 Å². The second-order valence-electron chi connectivity index (χ2n) is 7.88. The van der Waals surface area contributed by atoms with Gasteiger partial charge in [-0.1, -0.05) is 41.4 Å². The first-order valence-electron chi connectivity index (χ1n) is 9.84. The number of nitrogens with zero attached hydrogens (tertiary/aromatic N) is 1. The van der Waals surface area contributed by atoms with Crippen molar-refractivity contribution >= 4 is 23.2 Å². The van der Waals surface area contributed by atoms with E-state index in [0.717, 1.165) is 44.6 Å². The lowest BCUT2D eigenvalue weighted by Gasteiger charge is -2.40. The van der Waals surface area contributed by atoms with Gasteiger partial charge in [0.15, 0.2) is 0 Å². The summed E-state index contributed by atoms with van der Waals surface area (Å²) in [7, 11) is 0. The molecule has 1 unspecified atom stereocenters. The topological polar surface area (TPSA) is 15.3 Å². The molecular weight excluding hydrogens is 394 g/mol. The first kappa shape index (κ1) is 19.9. The van der Waals surface area contributed by atoms with Gasteiger partial charge in [0.25, 0.3) is 0 Å². The fraction of sp³-hybridized carbons (Fsp3) is 0.391. The Labute approximate surface area is 176 Å². The van der Waals surface area contributed by atoms with Crippen LogP contribution in [-0.4, -0.2) is 31.1 Å². The molecule has 2 heterocycles. The van der Waals surface area contributed by atoms with Gasteiger partial charge in [-0.3, -0.25) is 4.90 Å². The molecule has 2 aromatic carbocycles. The minimum atomic E-state index is -0.179. The largest absolute Gasteiger partial charge is 0.317 e. The van der Waals surface area contributed by atoms with E-state index in [9.17, 15) is 4.39 Å². The summed E-state index contributed by atoms with van der Waals surface area (Å²) in [6.07, 6.45) is 4.45. The maximum Gasteiger partial charge on any atom is 0.123 e. The molecule has 2 aliphatic rings. The predicted molar refractivity (Wildman–Crippen MR) is 115 cm³/mol. The number of rotatable bonds is 4. The van der Waals surface area contributed by atoms with Crippen LogP contribution in [0.5, 0.6) is 0 Å². The van der Waals surface area contributed by atoms with Gasteiger partial charge in [0.1, 0.15) is 5.82 Å². The number of halogens is 3. The highest BCUT2D eigenvalue weighted by Gasteiger charge is 2.40. The van der Waals surface area contributed by atoms with Crippen LogP contribution in [0.1, 0.15) is 36.9 Å². The Kier molecular flexibility index (Phi) is 5.80. The van der Waals surface area contributed by atoms with Crippen LogP contribution in [0.4, 0.5) is 4.39 Å². The molecule has 1 fully saturated rings. The lowest BCUT2D eigenvalue weighted by atomic mass is 9.68. The van der Waals surface area contributed by atoms with Crippen molar-refractivity contribution in [2.24, 2.45) is 0 Å². The van der Waals surface area contributed by atoms with E-state index in [1.54, 1.807) is 18.2 Å². The molecule has 0 radical (unpaired) electrons. The van der Waals surface area contributed by atoms with Crippen LogP contribution in [0.2, 0.25) is 10.0 Å². The fourth-order valence-corrected chi connectivity index (χ4v) is 5.20. The third-order valence-electron chi connectivity index (χ3n) is 6.33. The van der Waals surface area contributed by atoms with Crippen LogP contribution in [0.15, 0.2) is 54.1 Å². The summed E-state index contributed by atoms with van der Waals surface area (Å²) in [4.78, 5) is 2.45. The second-order valence-corrected chi connectivity index (χ2v) is 8.75. The number of benzene rings is 2. The SMILES string of the molecule is CC(c1cc(Cl)cc(Cl)c1)N1CC=C(C2(c3ccc(F)cc3)CCNCC2)C1. The lowest BCUT2D eigenvalue weighted by molar-refractivity contribution is 0.254. The molecule has 1 saturated heterocycles. The lowest BCUT2D eigenvalue weighted by Crippen LogP contribution is -2.42. The van der Waals surface area contributed by atoms with Gasteiger partial charge in [-0.05, 0) is 79.9 Å². The molecule has 0 amide bonds. The van der Waals surface area contributed by atoms with Crippen molar-refractivity contribution in [3.05, 3.63) is 81.1 Å². The highest BCUT2D eigenvalue weighted by atomic mass is 35.5. The van der Waals surface area contributed by atoms with E-state index in [2.05, 4.69) is 23.2 Å². The van der Waals surface area contributed by atoms with Crippen molar-refractivity contribution in [1.82, 2.24) is 10.2 Å². The van der Waals surface area contributed by atoms with E-state index in [-0.39, 0.29) is 17.3 Å². The monoisotopic (exact) mass is 418 g/mol. The standard InChI is InChI=1S/C23H25Cl2FN2/c1-16(17-12-20(24)14-21(25)13-17)28-11-6-19(15-28)23(7-9-27-10-8-23)18-2-4-22(26)5-3-18/h2-6,12-14,16,27H,7-11,15H2,1H3. The van der Waals surface area contributed by atoms with Gasteiger partial charge < -0.3 is 5.32 Å². The van der Waals surface area contributed by atoms with Crippen LogP contribution >= 0.6 is 23.2 Å². The van der Waals surface area contributed by atoms with Crippen LogP contribution in [-0.2, 0) is 5.41 Å². The molecule has 4 rings (SSSR count). The van der Waals surface area contributed by atoms with Gasteiger partial charge in [-0.15, -0.1) is 0 Å². The van der Waals surface area contributed by atoms with Crippen molar-refractivity contribution in [3.8, 4) is 0 Å². The first-order valence-corrected chi connectivity index (χ1v) is 10.6. The summed E-state index contributed by atoms with van der Waals surface area (Å²) in [5, 5.41) is 4.81. The van der Waals surface area contributed by atoms with Crippen molar-refractivity contribution in [3.63, 3.8) is 0 Å². The van der Waals surface area contributed by atoms with Gasteiger partial charge in [0.2, 0.25) is 0 Å². The highest BCUT2D eigenvalue weighted by molar-refractivity contribution is 6.34. The number of nitrogens with one attached hydrogen (secondary N) is 1. The van der Waals surface area contributed by atoms with Crippen LogP contribution in [0.25, 0.3) is 0 Å². The molecule has 0 aromatic heterocycles. The third-order valence-corrected chi connectivity index (χ3v) is 6.77. The number of hydrogen-bond acceptors (Lipinski definition) is 2. The highest BCUT2D eigenvalue weighted by Crippen LogP contribution is 2.43. The minimum Gasteiger partial charge on any atom is -0.317 e. The molecule has 28 heavy (non-hydrogen) atoms. The molecule has 0 spiro atoms. The maximum atomic E-state index is 13.5. The molecule has 0 bridgehead atoms. The van der Waals surface area contributed by atoms with E-state index in [0.29, 0.717) is 10.0 Å². The molecule has 0 saturated carbocycles. The summed E-state index contributed by atoms with van der Waals surface area (Å²) in [5.41, 5.74) is 3.79. The van der Waals surface area contributed by atoms with Crippen LogP contribution < -0.4 is 5.32 Å². The van der Waals surface area contributed by atoms with Gasteiger partial charge in [-0.2, -0.15) is 0 Å². The molecular formula is C23H25Cl2FN2. The summed E-state index contributed by atoms with van der Waals surface area (Å²) in [6, 6.07) is 13.1. The van der Waals surface area contributed by atoms with E-state index in [1.165, 1.54) is 11.1 Å². The van der Waals surface area contributed by atoms with E-state index < -0.39 is 0 Å². The Morgan fingerprint density at radius 1 is 1.04 bits per heavy atom. The van der Waals surface area contributed by atoms with E-state index >= 15 is 0 Å². The average molecular weight is 419 g/mol. The van der Waals surface area contributed by atoms with Crippen molar-refractivity contribution in [1.29, 1.82) is 0 Å². The van der Waals surface area contributed by atoms with Crippen molar-refractivity contribution < 1.29 is 4.39 Å². The van der Waals surface area contributed by atoms with E-state index in [1.807, 2.05) is 24.3 Å². The molecule has 148 valence electrons. The smallest absolute Gasteiger partial charge is 0.123 e. The minimum absolute atomic E-state index is 0.0145. The number of hydrogen-bond donors (Lipinski definition) is 1. The molecule has 1 atom stereocenters. The molecule has 2 aromatic rings. The van der Waals surface area contributed by atoms with Crippen molar-refractivity contribution in [2.45, 2.75) is 31.2 Å². The summed E-state index contributed by atoms with van der Waals surface area (Å²) >= 11 is 12.4. The molecule has 5 heteroatoms. The Morgan fingerprint density at radius 2 is 1.68 bits per heavy atom. The summed E-state index contributed by atoms with van der Waals surface area (Å²) < 4.78 is 13.5. The Bertz CT molecular complexity index is 852. The predicted octanol–water partition coefficient (Wildman–Crippen LogP) is 5.76. The third kappa shape index (κ3) is 3.86. The average Bonchev–Trinajstić information content (AvgIpc) is 3.18. The van der Waals surface area contributed by atoms with Gasteiger partial charge >= 0.3 is 0 Å². The van der Waals surface area contributed by atoms with Gasteiger partial charge in [-0.25, -0.2) is 4.39 Å². The number of piperidine rings is 1.